The Morgan fingerprint density at radius 2 is 2.04 bits per heavy atom. The molecule has 120 valence electrons. The highest BCUT2D eigenvalue weighted by atomic mass is 32.1. The van der Waals surface area contributed by atoms with Crippen molar-refractivity contribution in [2.45, 2.75) is 12.5 Å². The molecule has 6 heteroatoms. The summed E-state index contributed by atoms with van der Waals surface area (Å²) < 4.78 is 5.07. The van der Waals surface area contributed by atoms with E-state index in [0.717, 1.165) is 16.2 Å². The first-order valence-electron chi connectivity index (χ1n) is 6.96. The number of carboxylic acid groups (broad SMARTS) is 1. The second kappa shape index (κ2) is 8.14. The summed E-state index contributed by atoms with van der Waals surface area (Å²) >= 11 is 1.42. The first-order valence-corrected chi connectivity index (χ1v) is 7.84. The van der Waals surface area contributed by atoms with E-state index in [4.69, 9.17) is 9.84 Å². The predicted molar refractivity (Wildman–Crippen MR) is 89.5 cm³/mol. The molecule has 1 amide bonds. The zero-order valence-corrected chi connectivity index (χ0v) is 13.4. The van der Waals surface area contributed by atoms with Crippen LogP contribution in [0.25, 0.3) is 6.08 Å². The lowest BCUT2D eigenvalue weighted by Crippen LogP contribution is -2.28. The number of benzene rings is 1. The summed E-state index contributed by atoms with van der Waals surface area (Å²) in [5.41, 5.74) is 0.854. The van der Waals surface area contributed by atoms with Crippen molar-refractivity contribution in [2.75, 3.05) is 7.11 Å². The number of hydrogen-bond acceptors (Lipinski definition) is 4. The molecule has 0 fully saturated rings. The Balaban J connectivity index is 2.00. The van der Waals surface area contributed by atoms with Crippen LogP contribution in [0.2, 0.25) is 0 Å². The Morgan fingerprint density at radius 1 is 1.30 bits per heavy atom. The average molecular weight is 331 g/mol. The maximum atomic E-state index is 12.0. The lowest BCUT2D eigenvalue weighted by molar-refractivity contribution is -0.137. The van der Waals surface area contributed by atoms with E-state index in [0.29, 0.717) is 0 Å². The molecule has 0 aliphatic heterocycles. The quantitative estimate of drug-likeness (QED) is 0.765. The first kappa shape index (κ1) is 16.8. The second-order valence-corrected chi connectivity index (χ2v) is 5.76. The van der Waals surface area contributed by atoms with Crippen LogP contribution in [-0.4, -0.2) is 24.1 Å². The number of carboxylic acids is 1. The Morgan fingerprint density at radius 3 is 2.61 bits per heavy atom. The smallest absolute Gasteiger partial charge is 0.305 e. The molecule has 2 rings (SSSR count). The molecule has 1 aromatic carbocycles. The molecule has 1 heterocycles. The van der Waals surface area contributed by atoms with Gasteiger partial charge in [0, 0.05) is 11.0 Å². The molecule has 0 radical (unpaired) electrons. The van der Waals surface area contributed by atoms with Crippen LogP contribution in [0.1, 0.15) is 22.9 Å². The molecule has 0 saturated carbocycles. The van der Waals surface area contributed by atoms with Gasteiger partial charge in [-0.3, -0.25) is 9.59 Å². The van der Waals surface area contributed by atoms with Crippen LogP contribution in [0.4, 0.5) is 0 Å². The van der Waals surface area contributed by atoms with Crippen molar-refractivity contribution in [3.63, 3.8) is 0 Å². The van der Waals surface area contributed by atoms with Crippen LogP contribution in [0.15, 0.2) is 47.9 Å². The van der Waals surface area contributed by atoms with Crippen LogP contribution in [0.5, 0.6) is 5.75 Å². The minimum absolute atomic E-state index is 0.150. The van der Waals surface area contributed by atoms with Crippen molar-refractivity contribution in [2.24, 2.45) is 0 Å². The van der Waals surface area contributed by atoms with E-state index in [2.05, 4.69) is 5.32 Å². The highest BCUT2D eigenvalue weighted by molar-refractivity contribution is 7.10. The molecule has 1 aromatic heterocycles. The largest absolute Gasteiger partial charge is 0.497 e. The molecule has 0 aliphatic carbocycles. The van der Waals surface area contributed by atoms with E-state index < -0.39 is 12.0 Å². The molecule has 0 spiro atoms. The van der Waals surface area contributed by atoms with Crippen LogP contribution >= 0.6 is 11.3 Å². The number of thiophene rings is 1. The van der Waals surface area contributed by atoms with Crippen molar-refractivity contribution in [3.05, 3.63) is 58.3 Å². The maximum Gasteiger partial charge on any atom is 0.305 e. The van der Waals surface area contributed by atoms with Crippen molar-refractivity contribution in [1.82, 2.24) is 5.32 Å². The number of amides is 1. The van der Waals surface area contributed by atoms with Crippen molar-refractivity contribution in [3.8, 4) is 5.75 Å². The third kappa shape index (κ3) is 5.27. The normalized spacial score (nSPS) is 12.0. The van der Waals surface area contributed by atoms with Crippen molar-refractivity contribution >= 4 is 29.3 Å². The fourth-order valence-electron chi connectivity index (χ4n) is 1.99. The molecule has 5 nitrogen and oxygen atoms in total. The van der Waals surface area contributed by atoms with E-state index in [9.17, 15) is 9.59 Å². The lowest BCUT2D eigenvalue weighted by atomic mass is 10.1. The van der Waals surface area contributed by atoms with Gasteiger partial charge in [0.25, 0.3) is 0 Å². The van der Waals surface area contributed by atoms with Gasteiger partial charge in [-0.05, 0) is 35.2 Å². The molecular weight excluding hydrogens is 314 g/mol. The van der Waals surface area contributed by atoms with Crippen LogP contribution in [0.3, 0.4) is 0 Å². The molecule has 1 unspecified atom stereocenters. The van der Waals surface area contributed by atoms with E-state index >= 15 is 0 Å². The number of rotatable bonds is 7. The molecule has 2 N–H and O–H groups in total. The van der Waals surface area contributed by atoms with Gasteiger partial charge in [-0.25, -0.2) is 0 Å². The van der Waals surface area contributed by atoms with Gasteiger partial charge in [0.15, 0.2) is 0 Å². The fourth-order valence-corrected chi connectivity index (χ4v) is 2.77. The Hall–Kier alpha value is -2.60. The first-order chi connectivity index (χ1) is 11.1. The highest BCUT2D eigenvalue weighted by Gasteiger charge is 2.17. The number of methoxy groups -OCH3 is 1. The number of hydrogen-bond donors (Lipinski definition) is 2. The van der Waals surface area contributed by atoms with Gasteiger partial charge < -0.3 is 15.2 Å². The second-order valence-electron chi connectivity index (χ2n) is 4.78. The standard InChI is InChI=1S/C17H17NO4S/c1-22-13-7-4-12(5-8-13)6-9-16(19)18-14(11-17(20)21)15-3-2-10-23-15/h2-10,14H,11H2,1H3,(H,18,19)(H,20,21). The van der Waals surface area contributed by atoms with E-state index in [1.807, 2.05) is 29.6 Å². The summed E-state index contributed by atoms with van der Waals surface area (Å²) in [5.74, 6) is -0.547. The van der Waals surface area contributed by atoms with Gasteiger partial charge in [-0.1, -0.05) is 18.2 Å². The number of carbonyl (C=O) groups is 2. The van der Waals surface area contributed by atoms with E-state index in [-0.39, 0.29) is 12.3 Å². The maximum absolute atomic E-state index is 12.0. The monoisotopic (exact) mass is 331 g/mol. The topological polar surface area (TPSA) is 75.6 Å². The van der Waals surface area contributed by atoms with Gasteiger partial charge in [0.1, 0.15) is 5.75 Å². The Bertz CT molecular complexity index is 677. The predicted octanol–water partition coefficient (Wildman–Crippen LogP) is 3.10. The van der Waals surface area contributed by atoms with E-state index in [1.54, 1.807) is 25.3 Å². The molecule has 0 aliphatic rings. The molecular formula is C17H17NO4S. The Labute approximate surface area is 138 Å². The van der Waals surface area contributed by atoms with Crippen molar-refractivity contribution in [1.29, 1.82) is 0 Å². The molecule has 2 aromatic rings. The summed E-state index contributed by atoms with van der Waals surface area (Å²) in [6.45, 7) is 0. The van der Waals surface area contributed by atoms with Crippen LogP contribution < -0.4 is 10.1 Å². The number of carbonyl (C=O) groups excluding carboxylic acids is 1. The summed E-state index contributed by atoms with van der Waals surface area (Å²) in [5, 5.41) is 13.5. The SMILES string of the molecule is COc1ccc(C=CC(=O)NC(CC(=O)O)c2cccs2)cc1. The minimum Gasteiger partial charge on any atom is -0.497 e. The van der Waals surface area contributed by atoms with Gasteiger partial charge >= 0.3 is 5.97 Å². The summed E-state index contributed by atoms with van der Waals surface area (Å²) in [7, 11) is 1.59. The number of aliphatic carboxylic acids is 1. The third-order valence-corrected chi connectivity index (χ3v) is 4.11. The molecule has 0 saturated heterocycles. The van der Waals surface area contributed by atoms with Gasteiger partial charge in [0.05, 0.1) is 19.6 Å². The third-order valence-electron chi connectivity index (χ3n) is 3.12. The number of ether oxygens (including phenoxy) is 1. The van der Waals surface area contributed by atoms with Gasteiger partial charge in [0.2, 0.25) is 5.91 Å². The van der Waals surface area contributed by atoms with E-state index in [1.165, 1.54) is 17.4 Å². The molecule has 1 atom stereocenters. The van der Waals surface area contributed by atoms with Gasteiger partial charge in [-0.15, -0.1) is 11.3 Å². The van der Waals surface area contributed by atoms with Gasteiger partial charge in [-0.2, -0.15) is 0 Å². The molecule has 23 heavy (non-hydrogen) atoms. The summed E-state index contributed by atoms with van der Waals surface area (Å²) in [4.78, 5) is 23.8. The zero-order valence-electron chi connectivity index (χ0n) is 12.6. The van der Waals surface area contributed by atoms with Crippen molar-refractivity contribution < 1.29 is 19.4 Å². The molecule has 0 bridgehead atoms. The zero-order chi connectivity index (χ0) is 16.7. The van der Waals surface area contributed by atoms with Crippen LogP contribution in [0, 0.1) is 0 Å². The number of nitrogens with one attached hydrogen (secondary N) is 1. The lowest BCUT2D eigenvalue weighted by Gasteiger charge is -2.14. The highest BCUT2D eigenvalue weighted by Crippen LogP contribution is 2.22. The minimum atomic E-state index is -0.956. The fraction of sp³-hybridized carbons (Fsp3) is 0.176. The average Bonchev–Trinajstić information content (AvgIpc) is 3.07. The summed E-state index contributed by atoms with van der Waals surface area (Å²) in [6, 6.07) is 10.4. The van der Waals surface area contributed by atoms with Crippen LogP contribution in [-0.2, 0) is 9.59 Å². The Kier molecular flexibility index (Phi) is 5.94. The summed E-state index contributed by atoms with van der Waals surface area (Å²) in [6.07, 6.45) is 2.91.